The Morgan fingerprint density at radius 3 is 1.58 bits per heavy atom. The van der Waals surface area contributed by atoms with Crippen LogP contribution in [0.2, 0.25) is 0 Å². The quantitative estimate of drug-likeness (QED) is 0.160. The predicted molar refractivity (Wildman–Crippen MR) is 201 cm³/mol. The van der Waals surface area contributed by atoms with Gasteiger partial charge in [0.15, 0.2) is 0 Å². The number of carbonyl (C=O) groups excluding carboxylic acids is 2. The Morgan fingerprint density at radius 2 is 1.10 bits per heavy atom. The molecule has 258 valence electrons. The highest BCUT2D eigenvalue weighted by molar-refractivity contribution is 5.98. The second-order valence-corrected chi connectivity index (χ2v) is 13.5. The second-order valence-electron chi connectivity index (χ2n) is 13.5. The minimum Gasteiger partial charge on any atom is -0.349 e. The van der Waals surface area contributed by atoms with Crippen LogP contribution in [-0.2, 0) is 11.3 Å². The summed E-state index contributed by atoms with van der Waals surface area (Å²) in [6, 6.07) is 43.1. The molecular formula is C42H38N8O2. The number of hydrogen-bond acceptors (Lipinski definition) is 6. The smallest absolute Gasteiger partial charge is 0.255 e. The summed E-state index contributed by atoms with van der Waals surface area (Å²) >= 11 is 0. The monoisotopic (exact) mass is 686 g/mol. The maximum atomic E-state index is 14.6. The molecule has 0 fully saturated rings. The molecule has 1 N–H and O–H groups in total. The van der Waals surface area contributed by atoms with Gasteiger partial charge in [0.05, 0.1) is 23.8 Å². The van der Waals surface area contributed by atoms with Crippen molar-refractivity contribution in [2.45, 2.75) is 38.9 Å². The highest BCUT2D eigenvalue weighted by Crippen LogP contribution is 2.29. The van der Waals surface area contributed by atoms with Crippen LogP contribution in [0.4, 0.5) is 0 Å². The fraction of sp³-hybridized carbons (Fsp3) is 0.143. The number of aromatic nitrogens is 6. The zero-order valence-corrected chi connectivity index (χ0v) is 29.2. The normalized spacial score (nSPS) is 11.9. The standard InChI is InChI=1S/C42H38N8O2/c1-42(2,3)43-40(51)39(33-19-23-35(24-20-33)49-28-37(44-46-49)31-15-9-5-10-16-31)48(27-30-13-7-4-8-14-30)41(52)34-21-25-36(26-22-34)50-29-38(45-47-50)32-17-11-6-12-18-32/h4-26,28-29,39H,27H2,1-3H3,(H,43,51). The van der Waals surface area contributed by atoms with Crippen LogP contribution in [0, 0.1) is 0 Å². The number of hydrogen-bond donors (Lipinski definition) is 1. The fourth-order valence-corrected chi connectivity index (χ4v) is 5.97. The highest BCUT2D eigenvalue weighted by atomic mass is 16.2. The van der Waals surface area contributed by atoms with E-state index in [0.717, 1.165) is 39.5 Å². The van der Waals surface area contributed by atoms with E-state index in [0.29, 0.717) is 11.1 Å². The van der Waals surface area contributed by atoms with E-state index in [-0.39, 0.29) is 18.4 Å². The molecule has 1 unspecified atom stereocenters. The van der Waals surface area contributed by atoms with Crippen LogP contribution in [-0.4, -0.2) is 52.2 Å². The van der Waals surface area contributed by atoms with Gasteiger partial charge in [-0.3, -0.25) is 9.59 Å². The molecular weight excluding hydrogens is 649 g/mol. The third kappa shape index (κ3) is 7.71. The minimum atomic E-state index is -0.944. The predicted octanol–water partition coefficient (Wildman–Crippen LogP) is 7.48. The van der Waals surface area contributed by atoms with Gasteiger partial charge >= 0.3 is 0 Å². The van der Waals surface area contributed by atoms with Crippen molar-refractivity contribution in [2.75, 3.05) is 0 Å². The average Bonchev–Trinajstić information content (AvgIpc) is 3.87. The van der Waals surface area contributed by atoms with Crippen molar-refractivity contribution in [1.82, 2.24) is 40.2 Å². The Morgan fingerprint density at radius 1 is 0.635 bits per heavy atom. The van der Waals surface area contributed by atoms with Crippen LogP contribution in [0.25, 0.3) is 33.9 Å². The molecule has 10 heteroatoms. The Labute approximate surface area is 302 Å². The van der Waals surface area contributed by atoms with Crippen molar-refractivity contribution in [3.63, 3.8) is 0 Å². The number of nitrogens with one attached hydrogen (secondary N) is 1. The first-order valence-corrected chi connectivity index (χ1v) is 17.1. The summed E-state index contributed by atoms with van der Waals surface area (Å²) in [7, 11) is 0. The molecule has 0 aliphatic heterocycles. The molecule has 0 bridgehead atoms. The summed E-state index contributed by atoms with van der Waals surface area (Å²) in [5.41, 5.74) is 6.39. The number of rotatable bonds is 10. The summed E-state index contributed by atoms with van der Waals surface area (Å²) in [5.74, 6) is -0.579. The minimum absolute atomic E-state index is 0.207. The van der Waals surface area contributed by atoms with Gasteiger partial charge < -0.3 is 10.2 Å². The van der Waals surface area contributed by atoms with Crippen LogP contribution >= 0.6 is 0 Å². The zero-order chi connectivity index (χ0) is 36.1. The van der Waals surface area contributed by atoms with E-state index in [1.807, 2.05) is 161 Å². The third-order valence-electron chi connectivity index (χ3n) is 8.49. The fourth-order valence-electron chi connectivity index (χ4n) is 5.97. The summed E-state index contributed by atoms with van der Waals surface area (Å²) in [6.45, 7) is 5.99. The third-order valence-corrected chi connectivity index (χ3v) is 8.49. The van der Waals surface area contributed by atoms with Crippen molar-refractivity contribution in [3.8, 4) is 33.9 Å². The molecule has 0 radical (unpaired) electrons. The average molecular weight is 687 g/mol. The van der Waals surface area contributed by atoms with Crippen molar-refractivity contribution < 1.29 is 9.59 Å². The topological polar surface area (TPSA) is 111 Å². The van der Waals surface area contributed by atoms with E-state index in [1.54, 1.807) is 26.4 Å². The molecule has 2 heterocycles. The second kappa shape index (κ2) is 14.7. The summed E-state index contributed by atoms with van der Waals surface area (Å²) in [6.07, 6.45) is 3.72. The van der Waals surface area contributed by atoms with Crippen molar-refractivity contribution >= 4 is 11.8 Å². The molecule has 0 aliphatic rings. The molecule has 2 amide bonds. The van der Waals surface area contributed by atoms with E-state index in [9.17, 15) is 9.59 Å². The van der Waals surface area contributed by atoms with Crippen molar-refractivity contribution in [1.29, 1.82) is 0 Å². The molecule has 2 aromatic heterocycles. The summed E-state index contributed by atoms with van der Waals surface area (Å²) in [5, 5.41) is 20.4. The molecule has 7 rings (SSSR count). The van der Waals surface area contributed by atoms with Gasteiger partial charge in [-0.15, -0.1) is 10.2 Å². The van der Waals surface area contributed by atoms with E-state index in [4.69, 9.17) is 0 Å². The van der Waals surface area contributed by atoms with Crippen LogP contribution in [0.5, 0.6) is 0 Å². The highest BCUT2D eigenvalue weighted by Gasteiger charge is 2.34. The van der Waals surface area contributed by atoms with Crippen molar-refractivity contribution in [3.05, 3.63) is 169 Å². The first kappa shape index (κ1) is 33.8. The lowest BCUT2D eigenvalue weighted by atomic mass is 9.99. The Bertz CT molecular complexity index is 2260. The molecule has 1 atom stereocenters. The zero-order valence-electron chi connectivity index (χ0n) is 29.2. The lowest BCUT2D eigenvalue weighted by molar-refractivity contribution is -0.127. The van der Waals surface area contributed by atoms with Gasteiger partial charge in [-0.1, -0.05) is 114 Å². The van der Waals surface area contributed by atoms with Crippen LogP contribution in [0.15, 0.2) is 152 Å². The summed E-state index contributed by atoms with van der Waals surface area (Å²) in [4.78, 5) is 30.5. The van der Waals surface area contributed by atoms with Gasteiger partial charge in [-0.2, -0.15) is 0 Å². The maximum Gasteiger partial charge on any atom is 0.255 e. The van der Waals surface area contributed by atoms with Crippen LogP contribution in [0.3, 0.4) is 0 Å². The maximum absolute atomic E-state index is 14.6. The van der Waals surface area contributed by atoms with Crippen LogP contribution in [0.1, 0.15) is 48.3 Å². The van der Waals surface area contributed by atoms with Gasteiger partial charge in [0.25, 0.3) is 5.91 Å². The van der Waals surface area contributed by atoms with E-state index in [1.165, 1.54) is 0 Å². The lowest BCUT2D eigenvalue weighted by Gasteiger charge is -2.34. The molecule has 5 aromatic carbocycles. The molecule has 52 heavy (non-hydrogen) atoms. The summed E-state index contributed by atoms with van der Waals surface area (Å²) < 4.78 is 3.38. The SMILES string of the molecule is CC(C)(C)NC(=O)C(c1ccc(-n2cc(-c3ccccc3)nn2)cc1)N(Cc1ccccc1)C(=O)c1ccc(-n2cc(-c3ccccc3)nn2)cc1. The molecule has 0 saturated carbocycles. The Kier molecular flexibility index (Phi) is 9.53. The van der Waals surface area contributed by atoms with Gasteiger partial charge in [0.1, 0.15) is 17.4 Å². The Balaban J connectivity index is 1.22. The number of benzene rings is 5. The molecule has 0 saturated heterocycles. The van der Waals surface area contributed by atoms with Gasteiger partial charge in [0, 0.05) is 28.8 Å². The van der Waals surface area contributed by atoms with Crippen molar-refractivity contribution in [2.24, 2.45) is 0 Å². The van der Waals surface area contributed by atoms with Gasteiger partial charge in [-0.25, -0.2) is 9.36 Å². The number of amides is 2. The molecule has 7 aromatic rings. The largest absolute Gasteiger partial charge is 0.349 e. The first-order chi connectivity index (χ1) is 25.2. The van der Waals surface area contributed by atoms with Gasteiger partial charge in [0.2, 0.25) is 5.91 Å². The number of nitrogens with zero attached hydrogens (tertiary/aromatic N) is 7. The van der Waals surface area contributed by atoms with Crippen LogP contribution < -0.4 is 5.32 Å². The van der Waals surface area contributed by atoms with E-state index < -0.39 is 11.6 Å². The first-order valence-electron chi connectivity index (χ1n) is 17.1. The molecule has 10 nitrogen and oxygen atoms in total. The van der Waals surface area contributed by atoms with E-state index in [2.05, 4.69) is 25.9 Å². The molecule has 0 aliphatic carbocycles. The Hall–Kier alpha value is -6.68. The number of carbonyl (C=O) groups is 2. The van der Waals surface area contributed by atoms with Gasteiger partial charge in [-0.05, 0) is 68.3 Å². The molecule has 0 spiro atoms. The van der Waals surface area contributed by atoms with E-state index >= 15 is 0 Å². The lowest BCUT2D eigenvalue weighted by Crippen LogP contribution is -2.49.